The molecule has 1 aromatic rings. The molecule has 7 nitrogen and oxygen atoms in total. The smallest absolute Gasteiger partial charge is 0.251 e. The number of nitrogens with two attached hydrogens (primary N) is 1. The molecule has 0 saturated carbocycles. The van der Waals surface area contributed by atoms with E-state index < -0.39 is 10.0 Å². The van der Waals surface area contributed by atoms with Gasteiger partial charge in [-0.2, -0.15) is 0 Å². The molecule has 0 bridgehead atoms. The molecule has 1 aliphatic heterocycles. The zero-order chi connectivity index (χ0) is 15.6. The number of methoxy groups -OCH3 is 1. The van der Waals surface area contributed by atoms with Crippen LogP contribution in [0.4, 0.5) is 5.69 Å². The van der Waals surface area contributed by atoms with Gasteiger partial charge in [0.25, 0.3) is 5.91 Å². The second kappa shape index (κ2) is 5.84. The number of ether oxygens (including phenoxy) is 1. The summed E-state index contributed by atoms with van der Waals surface area (Å²) >= 11 is 0. The van der Waals surface area contributed by atoms with Gasteiger partial charge in [-0.05, 0) is 30.7 Å². The molecule has 4 N–H and O–H groups in total. The van der Waals surface area contributed by atoms with Gasteiger partial charge in [-0.3, -0.25) is 4.79 Å². The van der Waals surface area contributed by atoms with Crippen LogP contribution in [-0.2, 0) is 14.8 Å². The highest BCUT2D eigenvalue weighted by atomic mass is 32.2. The molecule has 0 spiro atoms. The van der Waals surface area contributed by atoms with Crippen molar-refractivity contribution in [2.75, 3.05) is 25.5 Å². The lowest BCUT2D eigenvalue weighted by molar-refractivity contribution is -0.112. The van der Waals surface area contributed by atoms with Crippen molar-refractivity contribution in [3.63, 3.8) is 0 Å². The van der Waals surface area contributed by atoms with Crippen LogP contribution in [0.25, 0.3) is 0 Å². The van der Waals surface area contributed by atoms with Crippen LogP contribution in [0, 0.1) is 0 Å². The normalized spacial score (nSPS) is 14.3. The number of primary sulfonamides is 1. The Morgan fingerprint density at radius 3 is 2.52 bits per heavy atom. The minimum absolute atomic E-state index is 0.0887. The van der Waals surface area contributed by atoms with Gasteiger partial charge >= 0.3 is 0 Å². The van der Waals surface area contributed by atoms with E-state index in [4.69, 9.17) is 9.88 Å². The predicted molar refractivity (Wildman–Crippen MR) is 78.6 cm³/mol. The molecular weight excluding hydrogens is 294 g/mol. The summed E-state index contributed by atoms with van der Waals surface area (Å²) < 4.78 is 27.9. The molecule has 1 saturated heterocycles. The lowest BCUT2D eigenvalue weighted by Crippen LogP contribution is -2.36. The second-order valence-corrected chi connectivity index (χ2v) is 6.25. The van der Waals surface area contributed by atoms with Crippen molar-refractivity contribution in [1.29, 1.82) is 0 Å². The Bertz CT molecular complexity index is 704. The number of carbonyl (C=O) groups excluding carboxylic acids is 1. The summed E-state index contributed by atoms with van der Waals surface area (Å²) in [6, 6.07) is 4.05. The zero-order valence-corrected chi connectivity index (χ0v) is 12.6. The van der Waals surface area contributed by atoms with Crippen molar-refractivity contribution < 1.29 is 17.9 Å². The van der Waals surface area contributed by atoms with E-state index in [0.29, 0.717) is 24.4 Å². The van der Waals surface area contributed by atoms with Gasteiger partial charge in [-0.25, -0.2) is 13.6 Å². The third-order valence-corrected chi connectivity index (χ3v) is 4.21. The van der Waals surface area contributed by atoms with Gasteiger partial charge in [-0.1, -0.05) is 0 Å². The molecule has 8 heteroatoms. The molecule has 114 valence electrons. The van der Waals surface area contributed by atoms with Crippen LogP contribution < -0.4 is 20.5 Å². The molecule has 1 fully saturated rings. The van der Waals surface area contributed by atoms with Crippen molar-refractivity contribution in [3.8, 4) is 5.75 Å². The molecule has 21 heavy (non-hydrogen) atoms. The fraction of sp³-hybridized carbons (Fsp3) is 0.308. The molecule has 1 amide bonds. The van der Waals surface area contributed by atoms with Gasteiger partial charge in [-0.15, -0.1) is 0 Å². The summed E-state index contributed by atoms with van der Waals surface area (Å²) in [5.74, 6) is 0.0663. The highest BCUT2D eigenvalue weighted by molar-refractivity contribution is 7.89. The molecule has 1 aliphatic rings. The SMILES string of the molecule is COc1ccc(S(N)(=O)=O)cc1NC(=O)C(C)=C1CNC1. The van der Waals surface area contributed by atoms with E-state index in [1.807, 2.05) is 0 Å². The van der Waals surface area contributed by atoms with E-state index in [-0.39, 0.29) is 16.5 Å². The number of anilines is 1. The molecule has 0 radical (unpaired) electrons. The number of rotatable bonds is 4. The number of hydrogen-bond acceptors (Lipinski definition) is 5. The maximum Gasteiger partial charge on any atom is 0.251 e. The Morgan fingerprint density at radius 2 is 2.05 bits per heavy atom. The third kappa shape index (κ3) is 3.41. The van der Waals surface area contributed by atoms with E-state index in [9.17, 15) is 13.2 Å². The van der Waals surface area contributed by atoms with Crippen molar-refractivity contribution >= 4 is 21.6 Å². The van der Waals surface area contributed by atoms with E-state index in [2.05, 4.69) is 10.6 Å². The highest BCUT2D eigenvalue weighted by Crippen LogP contribution is 2.27. The first-order valence-electron chi connectivity index (χ1n) is 6.24. The number of amides is 1. The van der Waals surface area contributed by atoms with Crippen LogP contribution in [0.2, 0.25) is 0 Å². The molecule has 0 aliphatic carbocycles. The molecule has 0 aromatic heterocycles. The Hall–Kier alpha value is -1.90. The first-order valence-corrected chi connectivity index (χ1v) is 7.79. The molecule has 2 rings (SSSR count). The Kier molecular flexibility index (Phi) is 4.31. The zero-order valence-electron chi connectivity index (χ0n) is 11.8. The van der Waals surface area contributed by atoms with Gasteiger partial charge in [0.2, 0.25) is 10.0 Å². The van der Waals surface area contributed by atoms with Crippen LogP contribution in [0.3, 0.4) is 0 Å². The summed E-state index contributed by atoms with van der Waals surface area (Å²) in [5, 5.41) is 10.8. The first kappa shape index (κ1) is 15.5. The lowest BCUT2D eigenvalue weighted by Gasteiger charge is -2.21. The molecule has 1 aromatic carbocycles. The largest absolute Gasteiger partial charge is 0.495 e. The van der Waals surface area contributed by atoms with Crippen molar-refractivity contribution in [2.45, 2.75) is 11.8 Å². The molecule has 0 atom stereocenters. The number of carbonyl (C=O) groups is 1. The Balaban J connectivity index is 2.32. The summed E-state index contributed by atoms with van der Waals surface area (Å²) in [5.41, 5.74) is 1.90. The molecule has 1 heterocycles. The lowest BCUT2D eigenvalue weighted by atomic mass is 10.0. The van der Waals surface area contributed by atoms with Crippen LogP contribution in [0.15, 0.2) is 34.2 Å². The summed E-state index contributed by atoms with van der Waals surface area (Å²) in [6.45, 7) is 3.10. The average Bonchev–Trinajstić information content (AvgIpc) is 2.35. The maximum absolute atomic E-state index is 12.1. The van der Waals surface area contributed by atoms with Crippen molar-refractivity contribution in [2.24, 2.45) is 5.14 Å². The molecule has 0 unspecified atom stereocenters. The quantitative estimate of drug-likeness (QED) is 0.688. The highest BCUT2D eigenvalue weighted by Gasteiger charge is 2.18. The van der Waals surface area contributed by atoms with Gasteiger partial charge in [0.1, 0.15) is 5.75 Å². The van der Waals surface area contributed by atoms with Gasteiger partial charge < -0.3 is 15.4 Å². The van der Waals surface area contributed by atoms with E-state index >= 15 is 0 Å². The Labute approximate surface area is 123 Å². The number of hydrogen-bond donors (Lipinski definition) is 3. The molecular formula is C13H17N3O4S. The fourth-order valence-electron chi connectivity index (χ4n) is 1.85. The summed E-state index contributed by atoms with van der Waals surface area (Å²) in [4.78, 5) is 12.1. The van der Waals surface area contributed by atoms with Gasteiger partial charge in [0.15, 0.2) is 0 Å². The summed E-state index contributed by atoms with van der Waals surface area (Å²) in [7, 11) is -2.41. The van der Waals surface area contributed by atoms with Crippen molar-refractivity contribution in [1.82, 2.24) is 5.32 Å². The topological polar surface area (TPSA) is 111 Å². The number of benzene rings is 1. The second-order valence-electron chi connectivity index (χ2n) is 4.69. The maximum atomic E-state index is 12.1. The van der Waals surface area contributed by atoms with Gasteiger partial charge in [0, 0.05) is 18.7 Å². The van der Waals surface area contributed by atoms with Crippen LogP contribution in [-0.4, -0.2) is 34.5 Å². The first-order chi connectivity index (χ1) is 9.82. The van der Waals surface area contributed by atoms with E-state index in [1.54, 1.807) is 6.92 Å². The number of sulfonamides is 1. The van der Waals surface area contributed by atoms with Gasteiger partial charge in [0.05, 0.1) is 17.7 Å². The predicted octanol–water partition coefficient (Wildman–Crippen LogP) is 0.201. The monoisotopic (exact) mass is 311 g/mol. The van der Waals surface area contributed by atoms with Crippen molar-refractivity contribution in [3.05, 3.63) is 29.3 Å². The summed E-state index contributed by atoms with van der Waals surface area (Å²) in [6.07, 6.45) is 0. The third-order valence-electron chi connectivity index (χ3n) is 3.30. The number of nitrogens with one attached hydrogen (secondary N) is 2. The minimum Gasteiger partial charge on any atom is -0.495 e. The Morgan fingerprint density at radius 1 is 1.38 bits per heavy atom. The van der Waals surface area contributed by atoms with Crippen LogP contribution in [0.5, 0.6) is 5.75 Å². The average molecular weight is 311 g/mol. The van der Waals surface area contributed by atoms with E-state index in [0.717, 1.165) is 5.57 Å². The van der Waals surface area contributed by atoms with Crippen LogP contribution >= 0.6 is 0 Å². The van der Waals surface area contributed by atoms with E-state index in [1.165, 1.54) is 25.3 Å². The standard InChI is InChI=1S/C13H17N3O4S/c1-8(9-6-15-7-9)13(17)16-11-5-10(21(14,18)19)3-4-12(11)20-2/h3-5,15H,6-7H2,1-2H3,(H,16,17)(H2,14,18,19). The van der Waals surface area contributed by atoms with Crippen LogP contribution in [0.1, 0.15) is 6.92 Å². The fourth-order valence-corrected chi connectivity index (χ4v) is 2.39. The minimum atomic E-state index is -3.85.